The van der Waals surface area contributed by atoms with E-state index in [0.29, 0.717) is 13.0 Å². The smallest absolute Gasteiger partial charge is 0.392 e. The van der Waals surface area contributed by atoms with E-state index in [1.165, 1.54) is 16.8 Å². The summed E-state index contributed by atoms with van der Waals surface area (Å²) < 4.78 is 43.1. The summed E-state index contributed by atoms with van der Waals surface area (Å²) in [6, 6.07) is 9.96. The Morgan fingerprint density at radius 1 is 1.15 bits per heavy atom. The molecule has 1 aromatic carbocycles. The molecule has 26 heavy (non-hydrogen) atoms. The Labute approximate surface area is 145 Å². The minimum atomic E-state index is -4.73. The highest BCUT2D eigenvalue weighted by Crippen LogP contribution is 2.29. The van der Waals surface area contributed by atoms with Gasteiger partial charge in [0.2, 0.25) is 5.82 Å². The Balaban J connectivity index is 1.75. The third-order valence-electron chi connectivity index (χ3n) is 3.74. The number of rotatable bonds is 5. The number of aryl methyl sites for hydroxylation is 2. The van der Waals surface area contributed by atoms with Gasteiger partial charge in [0.05, 0.1) is 6.61 Å². The number of benzene rings is 1. The topological polar surface area (TPSA) is 81.2 Å². The number of aliphatic hydroxyl groups is 1. The Hall–Kier alpha value is -2.94. The molecule has 0 unspecified atom stereocenters. The molecule has 2 aromatic heterocycles. The molecule has 0 aliphatic carbocycles. The van der Waals surface area contributed by atoms with E-state index in [1.807, 2.05) is 18.2 Å². The Morgan fingerprint density at radius 2 is 1.92 bits per heavy atom. The van der Waals surface area contributed by atoms with Gasteiger partial charge in [0.25, 0.3) is 5.56 Å². The number of aliphatic hydroxyl groups excluding tert-OH is 1. The van der Waals surface area contributed by atoms with Crippen LogP contribution in [-0.4, -0.2) is 19.8 Å². The fourth-order valence-corrected chi connectivity index (χ4v) is 2.42. The lowest BCUT2D eigenvalue weighted by molar-refractivity contribution is -0.159. The SMILES string of the molecule is O=c1cc(-c2noc(C(F)(F)F)n2)ccn1CCc1cccc(CO)c1. The van der Waals surface area contributed by atoms with Gasteiger partial charge in [0.15, 0.2) is 0 Å². The highest BCUT2D eigenvalue weighted by Gasteiger charge is 2.38. The summed E-state index contributed by atoms with van der Waals surface area (Å²) in [5, 5.41) is 12.4. The van der Waals surface area contributed by atoms with Crippen LogP contribution in [0.5, 0.6) is 0 Å². The molecule has 0 amide bonds. The van der Waals surface area contributed by atoms with E-state index in [4.69, 9.17) is 5.11 Å². The summed E-state index contributed by atoms with van der Waals surface area (Å²) in [5.74, 6) is -1.75. The summed E-state index contributed by atoms with van der Waals surface area (Å²) in [4.78, 5) is 15.4. The fourth-order valence-electron chi connectivity index (χ4n) is 2.42. The lowest BCUT2D eigenvalue weighted by Crippen LogP contribution is -2.19. The summed E-state index contributed by atoms with van der Waals surface area (Å²) in [6.45, 7) is 0.321. The predicted molar refractivity (Wildman–Crippen MR) is 85.1 cm³/mol. The van der Waals surface area contributed by atoms with Gasteiger partial charge in [0.1, 0.15) is 0 Å². The van der Waals surface area contributed by atoms with Crippen LogP contribution < -0.4 is 5.56 Å². The van der Waals surface area contributed by atoms with Crippen molar-refractivity contribution in [1.29, 1.82) is 0 Å². The highest BCUT2D eigenvalue weighted by molar-refractivity contribution is 5.52. The van der Waals surface area contributed by atoms with Gasteiger partial charge >= 0.3 is 12.1 Å². The van der Waals surface area contributed by atoms with Gasteiger partial charge in [-0.25, -0.2) is 0 Å². The van der Waals surface area contributed by atoms with Gasteiger partial charge in [-0.3, -0.25) is 4.79 Å². The van der Waals surface area contributed by atoms with E-state index in [2.05, 4.69) is 14.7 Å². The maximum Gasteiger partial charge on any atom is 0.471 e. The molecule has 0 spiro atoms. The second-order valence-corrected chi connectivity index (χ2v) is 5.60. The Bertz CT molecular complexity index is 963. The summed E-state index contributed by atoms with van der Waals surface area (Å²) in [6.07, 6.45) is -2.70. The summed E-state index contributed by atoms with van der Waals surface area (Å²) >= 11 is 0. The van der Waals surface area contributed by atoms with E-state index in [-0.39, 0.29) is 23.6 Å². The third kappa shape index (κ3) is 3.99. The zero-order valence-corrected chi connectivity index (χ0v) is 13.4. The van der Waals surface area contributed by atoms with Crippen molar-refractivity contribution in [3.8, 4) is 11.4 Å². The molecule has 136 valence electrons. The first-order valence-electron chi connectivity index (χ1n) is 7.67. The molecule has 0 saturated carbocycles. The first-order chi connectivity index (χ1) is 12.4. The average Bonchev–Trinajstić information content (AvgIpc) is 3.11. The van der Waals surface area contributed by atoms with Crippen LogP contribution in [-0.2, 0) is 25.7 Å². The molecule has 3 rings (SSSR count). The van der Waals surface area contributed by atoms with Crippen molar-refractivity contribution in [2.75, 3.05) is 0 Å². The fraction of sp³-hybridized carbons (Fsp3) is 0.235. The van der Waals surface area contributed by atoms with Crippen molar-refractivity contribution in [2.45, 2.75) is 25.7 Å². The lowest BCUT2D eigenvalue weighted by Gasteiger charge is -2.07. The number of hydrogen-bond donors (Lipinski definition) is 1. The first-order valence-corrected chi connectivity index (χ1v) is 7.67. The van der Waals surface area contributed by atoms with Crippen LogP contribution in [0, 0.1) is 0 Å². The largest absolute Gasteiger partial charge is 0.471 e. The van der Waals surface area contributed by atoms with Crippen molar-refractivity contribution < 1.29 is 22.8 Å². The number of halogens is 3. The van der Waals surface area contributed by atoms with Crippen LogP contribution in [0.15, 0.2) is 51.9 Å². The van der Waals surface area contributed by atoms with Gasteiger partial charge < -0.3 is 14.2 Å². The van der Waals surface area contributed by atoms with Crippen molar-refractivity contribution >= 4 is 0 Å². The van der Waals surface area contributed by atoms with Crippen LogP contribution in [0.25, 0.3) is 11.4 Å². The molecule has 9 heteroatoms. The monoisotopic (exact) mass is 365 g/mol. The van der Waals surface area contributed by atoms with E-state index < -0.39 is 12.1 Å². The van der Waals surface area contributed by atoms with Crippen LogP contribution in [0.2, 0.25) is 0 Å². The van der Waals surface area contributed by atoms with Gasteiger partial charge in [-0.15, -0.1) is 0 Å². The maximum atomic E-state index is 12.5. The second kappa shape index (κ2) is 7.12. The van der Waals surface area contributed by atoms with Crippen LogP contribution in [0.3, 0.4) is 0 Å². The number of aromatic nitrogens is 3. The molecule has 0 atom stereocenters. The molecule has 0 radical (unpaired) electrons. The predicted octanol–water partition coefficient (Wildman–Crippen LogP) is 2.65. The zero-order valence-electron chi connectivity index (χ0n) is 13.4. The zero-order chi connectivity index (χ0) is 18.7. The van der Waals surface area contributed by atoms with Gasteiger partial charge in [-0.05, 0) is 23.6 Å². The molecule has 0 saturated heterocycles. The van der Waals surface area contributed by atoms with E-state index in [1.54, 1.807) is 6.07 Å². The molecule has 0 aliphatic heterocycles. The molecule has 3 aromatic rings. The van der Waals surface area contributed by atoms with E-state index >= 15 is 0 Å². The van der Waals surface area contributed by atoms with Crippen molar-refractivity contribution in [1.82, 2.24) is 14.7 Å². The molecule has 0 fully saturated rings. The highest BCUT2D eigenvalue weighted by atomic mass is 19.4. The normalized spacial score (nSPS) is 11.7. The molecular weight excluding hydrogens is 351 g/mol. The van der Waals surface area contributed by atoms with Crippen LogP contribution in [0.4, 0.5) is 13.2 Å². The quantitative estimate of drug-likeness (QED) is 0.752. The van der Waals surface area contributed by atoms with E-state index in [9.17, 15) is 18.0 Å². The van der Waals surface area contributed by atoms with E-state index in [0.717, 1.165) is 17.2 Å². The number of hydrogen-bond acceptors (Lipinski definition) is 5. The third-order valence-corrected chi connectivity index (χ3v) is 3.74. The molecule has 1 N–H and O–H groups in total. The second-order valence-electron chi connectivity index (χ2n) is 5.60. The van der Waals surface area contributed by atoms with Gasteiger partial charge in [0, 0.05) is 24.4 Å². The van der Waals surface area contributed by atoms with Crippen molar-refractivity contribution in [3.05, 3.63) is 70.0 Å². The molecule has 0 bridgehead atoms. The average molecular weight is 365 g/mol. The Kier molecular flexibility index (Phi) is 4.90. The molecular formula is C17H14F3N3O3. The van der Waals surface area contributed by atoms with Crippen molar-refractivity contribution in [2.24, 2.45) is 0 Å². The van der Waals surface area contributed by atoms with Crippen molar-refractivity contribution in [3.63, 3.8) is 0 Å². The van der Waals surface area contributed by atoms with Crippen LogP contribution >= 0.6 is 0 Å². The maximum absolute atomic E-state index is 12.5. The molecule has 0 aliphatic rings. The number of pyridine rings is 1. The molecule has 2 heterocycles. The summed E-state index contributed by atoms with van der Waals surface area (Å²) in [5.41, 5.74) is 1.50. The first kappa shape index (κ1) is 17.9. The summed E-state index contributed by atoms with van der Waals surface area (Å²) in [7, 11) is 0. The number of alkyl halides is 3. The Morgan fingerprint density at radius 3 is 2.58 bits per heavy atom. The lowest BCUT2D eigenvalue weighted by atomic mass is 10.1. The molecule has 6 nitrogen and oxygen atoms in total. The van der Waals surface area contributed by atoms with Crippen LogP contribution in [0.1, 0.15) is 17.0 Å². The van der Waals surface area contributed by atoms with Gasteiger partial charge in [-0.1, -0.05) is 29.4 Å². The minimum Gasteiger partial charge on any atom is -0.392 e. The number of nitrogens with zero attached hydrogens (tertiary/aromatic N) is 3. The minimum absolute atomic E-state index is 0.0624. The standard InChI is InChI=1S/C17H14F3N3O3/c18-17(19,20)16-21-15(22-26-16)13-5-7-23(14(25)9-13)6-4-11-2-1-3-12(8-11)10-24/h1-3,5,7-9,24H,4,6,10H2. The van der Waals surface area contributed by atoms with Gasteiger partial charge in [-0.2, -0.15) is 18.2 Å².